The molecule has 26 nitrogen and oxygen atoms in total. The predicted octanol–water partition coefficient (Wildman–Crippen LogP) is -3.65. The van der Waals surface area contributed by atoms with Crippen molar-refractivity contribution in [3.63, 3.8) is 0 Å². The molecule has 2 fully saturated rings. The fourth-order valence-corrected chi connectivity index (χ4v) is 10.2. The minimum absolute atomic E-state index is 0.0159. The van der Waals surface area contributed by atoms with E-state index in [0.717, 1.165) is 21.6 Å². The van der Waals surface area contributed by atoms with Crippen LogP contribution in [0.2, 0.25) is 0 Å². The average molecular weight is 1100 g/mol. The maximum atomic E-state index is 14.6. The molecule has 0 saturated carbocycles. The van der Waals surface area contributed by atoms with Crippen LogP contribution in [0.3, 0.4) is 0 Å². The molecule has 11 amide bonds. The zero-order chi connectivity index (χ0) is 55.7. The number of hydrogen-bond donors (Lipinski definition) is 12. The minimum atomic E-state index is -1.76. The lowest BCUT2D eigenvalue weighted by molar-refractivity contribution is -0.142. The summed E-state index contributed by atoms with van der Waals surface area (Å²) in [6, 6.07) is 5.66. The Morgan fingerprint density at radius 1 is 0.750 bits per heavy atom. The topological polar surface area (TPSA) is 427 Å². The number of rotatable bonds is 21. The third-order valence-electron chi connectivity index (χ3n) is 11.8. The lowest BCUT2D eigenvalue weighted by Gasteiger charge is -2.31. The van der Waals surface area contributed by atoms with Crippen LogP contribution in [0.4, 0.5) is 0 Å². The molecule has 0 spiro atoms. The largest absolute Gasteiger partial charge is 0.494 e. The molecule has 4 rings (SSSR count). The van der Waals surface area contributed by atoms with Crippen LogP contribution in [0.15, 0.2) is 59.6 Å². The van der Waals surface area contributed by atoms with Crippen molar-refractivity contribution in [3.8, 4) is 5.75 Å². The molecule has 2 aromatic rings. The molecule has 0 bridgehead atoms. The van der Waals surface area contributed by atoms with E-state index < -0.39 is 133 Å². The van der Waals surface area contributed by atoms with Crippen molar-refractivity contribution in [2.24, 2.45) is 33.7 Å². The highest BCUT2D eigenvalue weighted by Gasteiger charge is 2.40. The van der Waals surface area contributed by atoms with Gasteiger partial charge in [0.05, 0.1) is 19.6 Å². The van der Waals surface area contributed by atoms with Crippen molar-refractivity contribution in [2.75, 3.05) is 37.7 Å². The molecule has 414 valence electrons. The first kappa shape index (κ1) is 60.9. The van der Waals surface area contributed by atoms with Gasteiger partial charge >= 0.3 is 0 Å². The zero-order valence-electron chi connectivity index (χ0n) is 42.0. The zero-order valence-corrected chi connectivity index (χ0v) is 43.7. The minimum Gasteiger partial charge on any atom is -0.494 e. The van der Waals surface area contributed by atoms with Gasteiger partial charge in [0.15, 0.2) is 5.96 Å². The Morgan fingerprint density at radius 2 is 1.37 bits per heavy atom. The van der Waals surface area contributed by atoms with E-state index in [9.17, 15) is 52.7 Å². The van der Waals surface area contributed by atoms with Gasteiger partial charge in [-0.05, 0) is 62.3 Å². The van der Waals surface area contributed by atoms with Gasteiger partial charge in [-0.25, -0.2) is 0 Å². The molecule has 7 atom stereocenters. The Labute approximate surface area is 446 Å². The number of nitrogens with zero attached hydrogens (tertiary/aromatic N) is 2. The molecule has 76 heavy (non-hydrogen) atoms. The number of nitrogens with one attached hydrogen (secondary N) is 7. The van der Waals surface area contributed by atoms with Gasteiger partial charge in [-0.1, -0.05) is 64.1 Å². The fraction of sp³-hybridized carbons (Fsp3) is 0.500. The summed E-state index contributed by atoms with van der Waals surface area (Å²) in [5.41, 5.74) is 28.3. The van der Waals surface area contributed by atoms with E-state index >= 15 is 0 Å². The fourth-order valence-electron chi connectivity index (χ4n) is 8.04. The van der Waals surface area contributed by atoms with Crippen LogP contribution in [-0.2, 0) is 65.6 Å². The summed E-state index contributed by atoms with van der Waals surface area (Å²) in [7, 11) is 2.22. The summed E-state index contributed by atoms with van der Waals surface area (Å²) in [4.78, 5) is 153. The van der Waals surface area contributed by atoms with Crippen molar-refractivity contribution in [3.05, 3.63) is 65.7 Å². The van der Waals surface area contributed by atoms with Crippen molar-refractivity contribution in [1.29, 1.82) is 0 Å². The number of nitrogens with two attached hydrogens (primary N) is 5. The number of carbonyl (C=O) groups excluding carboxylic acids is 11. The van der Waals surface area contributed by atoms with Gasteiger partial charge in [-0.3, -0.25) is 57.7 Å². The highest BCUT2D eigenvalue weighted by Crippen LogP contribution is 2.26. The van der Waals surface area contributed by atoms with Crippen LogP contribution in [0.5, 0.6) is 5.75 Å². The maximum Gasteiger partial charge on any atom is 0.246 e. The molecule has 2 heterocycles. The normalized spacial score (nSPS) is 21.4. The van der Waals surface area contributed by atoms with Gasteiger partial charge in [0.25, 0.3) is 0 Å². The van der Waals surface area contributed by atoms with Crippen LogP contribution in [0.1, 0.15) is 69.4 Å². The molecule has 0 unspecified atom stereocenters. The highest BCUT2D eigenvalue weighted by atomic mass is 33.1. The first-order chi connectivity index (χ1) is 36.2. The van der Waals surface area contributed by atoms with E-state index in [1.807, 2.05) is 6.92 Å². The van der Waals surface area contributed by atoms with E-state index in [1.54, 1.807) is 54.6 Å². The summed E-state index contributed by atoms with van der Waals surface area (Å²) < 4.78 is 5.56. The monoisotopic (exact) mass is 1100 g/mol. The second-order valence-electron chi connectivity index (χ2n) is 17.8. The molecule has 2 aliphatic rings. The third-order valence-corrected chi connectivity index (χ3v) is 14.2. The smallest absolute Gasteiger partial charge is 0.246 e. The van der Waals surface area contributed by atoms with Crippen LogP contribution in [-0.4, -0.2) is 156 Å². The first-order valence-corrected chi connectivity index (χ1v) is 27.0. The van der Waals surface area contributed by atoms with E-state index in [0.29, 0.717) is 29.9 Å². The van der Waals surface area contributed by atoms with Crippen molar-refractivity contribution >= 4 is 92.5 Å². The van der Waals surface area contributed by atoms with Gasteiger partial charge in [0.2, 0.25) is 65.0 Å². The molecule has 17 N–H and O–H groups in total. The van der Waals surface area contributed by atoms with E-state index in [4.69, 9.17) is 33.4 Å². The van der Waals surface area contributed by atoms with Crippen LogP contribution in [0.25, 0.3) is 0 Å². The van der Waals surface area contributed by atoms with Crippen molar-refractivity contribution < 1.29 is 57.5 Å². The average Bonchev–Trinajstić information content (AvgIpc) is 3.87. The molecule has 0 aliphatic carbocycles. The number of ether oxygens (including phenoxy) is 1. The van der Waals surface area contributed by atoms with E-state index in [2.05, 4.69) is 42.2 Å². The summed E-state index contributed by atoms with van der Waals surface area (Å²) in [5, 5.41) is 18.1. The Bertz CT molecular complexity index is 2410. The Kier molecular flexibility index (Phi) is 25.1. The summed E-state index contributed by atoms with van der Waals surface area (Å²) in [6.07, 6.45) is -1.19. The van der Waals surface area contributed by atoms with Crippen molar-refractivity contribution in [1.82, 2.24) is 42.1 Å². The van der Waals surface area contributed by atoms with Gasteiger partial charge in [0.1, 0.15) is 48.0 Å². The van der Waals surface area contributed by atoms with Crippen LogP contribution < -0.4 is 70.6 Å². The molecule has 2 saturated heterocycles. The lowest BCUT2D eigenvalue weighted by atomic mass is 10.0. The SMILES string of the molecule is CCOc1ccc(C[C@H]2NC(=O)CCSSC[C@@H](C(=O)N3CCC[C@@H]3C(=O)N[C@@H](CCCN=C(N)N)C(=O)NCC(N)=O)NC(=O)[C@H](CC(N)=O)NC(=O)[C@@H](CCC(N)=O)NC(=O)[C@H](Cc3ccccc3)NC2=O)cc1. The summed E-state index contributed by atoms with van der Waals surface area (Å²) in [5.74, 6) is -8.95. The Hall–Kier alpha value is -7.62. The van der Waals surface area contributed by atoms with Gasteiger partial charge in [-0.15, -0.1) is 0 Å². The Morgan fingerprint density at radius 3 is 2.00 bits per heavy atom. The molecule has 28 heteroatoms. The molecule has 0 radical (unpaired) electrons. The number of aliphatic imine (C=N–C) groups is 1. The maximum absolute atomic E-state index is 14.6. The predicted molar refractivity (Wildman–Crippen MR) is 282 cm³/mol. The number of guanidine groups is 1. The molecule has 2 aliphatic heterocycles. The second-order valence-corrected chi connectivity index (χ2v) is 20.4. The summed E-state index contributed by atoms with van der Waals surface area (Å²) >= 11 is 0. The number of benzene rings is 2. The van der Waals surface area contributed by atoms with Crippen LogP contribution >= 0.6 is 21.6 Å². The molecular formula is C48H68N14O12S2. The highest BCUT2D eigenvalue weighted by molar-refractivity contribution is 8.76. The lowest BCUT2D eigenvalue weighted by Crippen LogP contribution is -2.61. The second kappa shape index (κ2) is 31.3. The quantitative estimate of drug-likeness (QED) is 0.0248. The first-order valence-electron chi connectivity index (χ1n) is 24.5. The van der Waals surface area contributed by atoms with Crippen molar-refractivity contribution in [2.45, 2.75) is 113 Å². The molecule has 2 aromatic carbocycles. The number of hydrogen-bond acceptors (Lipinski definition) is 15. The standard InChI is InChI=1S/C48H68N14O12S2/c1-2-74-29-14-12-28(13-15-29)23-32-43(69)59-33(22-27-8-4-3-5-9-27)44(70)57-31(16-17-37(49)63)42(68)60-34(24-38(50)64)45(71)61-35(26-76-75-21-18-40(66)56-32)47(73)62-20-7-11-36(62)46(72)58-30(10-6-19-54-48(52)53)41(67)55-25-39(51)65/h3-5,8-9,12-15,30-36H,2,6-7,10-11,16-26H2,1H3,(H2,49,63)(H2,50,64)(H2,51,65)(H,55,67)(H,56,66)(H,57,70)(H,58,72)(H,59,69)(H,60,68)(H,61,71)(H4,52,53,54)/t30-,31+,32+,33-,34-,35-,36+/m0/s1. The third kappa shape index (κ3) is 20.9. The number of likely N-dealkylation sites (tertiary alicyclic amines) is 1. The molecular weight excluding hydrogens is 1030 g/mol. The van der Waals surface area contributed by atoms with Gasteiger partial charge in [-0.2, -0.15) is 0 Å². The van der Waals surface area contributed by atoms with E-state index in [-0.39, 0.29) is 69.1 Å². The van der Waals surface area contributed by atoms with E-state index in [1.165, 1.54) is 4.90 Å². The number of primary amides is 3. The van der Waals surface area contributed by atoms with Crippen LogP contribution in [0, 0.1) is 0 Å². The van der Waals surface area contributed by atoms with Gasteiger partial charge in [0, 0.05) is 50.3 Å². The number of carbonyl (C=O) groups is 11. The molecule has 0 aromatic heterocycles. The van der Waals surface area contributed by atoms with Gasteiger partial charge < -0.3 is 75.5 Å². The number of amides is 11. The Balaban J connectivity index is 1.69. The summed E-state index contributed by atoms with van der Waals surface area (Å²) in [6.45, 7) is 1.86.